The van der Waals surface area contributed by atoms with Crippen LogP contribution in [0.1, 0.15) is 56.7 Å². The molecule has 186 valence electrons. The maximum Gasteiger partial charge on any atom is 0.237 e. The monoisotopic (exact) mass is 540 g/mol. The molecular formula is C26H33BrN6O2. The Labute approximate surface area is 215 Å². The lowest BCUT2D eigenvalue weighted by atomic mass is 9.98. The third kappa shape index (κ3) is 6.39. The fourth-order valence-corrected chi connectivity index (χ4v) is 4.98. The van der Waals surface area contributed by atoms with Crippen molar-refractivity contribution in [2.75, 3.05) is 25.1 Å². The Bertz CT molecular complexity index is 1130. The fraction of sp³-hybridized carbons (Fsp3) is 0.462. The molecule has 2 aromatic heterocycles. The molecule has 0 radical (unpaired) electrons. The minimum Gasteiger partial charge on any atom is -0.496 e. The van der Waals surface area contributed by atoms with Gasteiger partial charge >= 0.3 is 0 Å². The van der Waals surface area contributed by atoms with E-state index in [9.17, 15) is 4.79 Å². The molecule has 1 unspecified atom stereocenters. The van der Waals surface area contributed by atoms with Crippen molar-refractivity contribution < 1.29 is 9.53 Å². The molecule has 1 amide bonds. The minimum absolute atomic E-state index is 0.0717. The van der Waals surface area contributed by atoms with Gasteiger partial charge in [-0.1, -0.05) is 19.9 Å². The van der Waals surface area contributed by atoms with Gasteiger partial charge in [0.15, 0.2) is 0 Å². The maximum absolute atomic E-state index is 12.9. The standard InChI is InChI=1S/C26H33BrN6O2/c1-18(2)22-16-24(31-26(30-22)32-13-11-28-17-32)33-12-5-4-6-20(33)15-25(34)29-10-9-19-7-8-23(35-3)21(27)14-19/h7-8,11,13-14,16-18,20H,4-6,9-10,12,15H2,1-3H3,(H,29,34). The summed E-state index contributed by atoms with van der Waals surface area (Å²) in [6.07, 6.45) is 9.69. The molecule has 0 spiro atoms. The molecule has 4 rings (SSSR count). The van der Waals surface area contributed by atoms with Crippen molar-refractivity contribution in [3.05, 3.63) is 58.7 Å². The number of carbonyl (C=O) groups excluding carboxylic acids is 1. The molecule has 0 aliphatic carbocycles. The quantitative estimate of drug-likeness (QED) is 0.424. The first-order valence-electron chi connectivity index (χ1n) is 12.2. The molecule has 1 atom stereocenters. The van der Waals surface area contributed by atoms with E-state index in [0.717, 1.165) is 59.5 Å². The highest BCUT2D eigenvalue weighted by molar-refractivity contribution is 9.10. The van der Waals surface area contributed by atoms with Gasteiger partial charge in [-0.3, -0.25) is 9.36 Å². The fourth-order valence-electron chi connectivity index (χ4n) is 4.39. The van der Waals surface area contributed by atoms with Crippen molar-refractivity contribution >= 4 is 27.7 Å². The predicted octanol–water partition coefficient (Wildman–Crippen LogP) is 4.66. The van der Waals surface area contributed by atoms with Crippen LogP contribution in [0, 0.1) is 0 Å². The van der Waals surface area contributed by atoms with Crippen molar-refractivity contribution in [2.24, 2.45) is 0 Å². The summed E-state index contributed by atoms with van der Waals surface area (Å²) < 4.78 is 8.04. The van der Waals surface area contributed by atoms with Gasteiger partial charge in [0.1, 0.15) is 17.9 Å². The van der Waals surface area contributed by atoms with Gasteiger partial charge < -0.3 is 15.0 Å². The summed E-state index contributed by atoms with van der Waals surface area (Å²) in [5.74, 6) is 2.64. The van der Waals surface area contributed by atoms with Gasteiger partial charge in [0, 0.05) is 44.0 Å². The van der Waals surface area contributed by atoms with Gasteiger partial charge in [-0.2, -0.15) is 4.98 Å². The molecule has 1 saturated heterocycles. The van der Waals surface area contributed by atoms with Gasteiger partial charge in [0.2, 0.25) is 11.9 Å². The smallest absolute Gasteiger partial charge is 0.237 e. The minimum atomic E-state index is 0.0717. The first kappa shape index (κ1) is 25.2. The SMILES string of the molecule is COc1ccc(CCNC(=O)CC2CCCCN2c2cc(C(C)C)nc(-n3ccnc3)n2)cc1Br. The summed E-state index contributed by atoms with van der Waals surface area (Å²) in [6, 6.07) is 8.18. The van der Waals surface area contributed by atoms with Crippen molar-refractivity contribution in [3.63, 3.8) is 0 Å². The third-order valence-corrected chi connectivity index (χ3v) is 6.96. The predicted molar refractivity (Wildman–Crippen MR) is 140 cm³/mol. The first-order valence-corrected chi connectivity index (χ1v) is 13.0. The summed E-state index contributed by atoms with van der Waals surface area (Å²) >= 11 is 3.52. The number of rotatable bonds is 9. The number of anilines is 1. The Morgan fingerprint density at radius 2 is 2.11 bits per heavy atom. The summed E-state index contributed by atoms with van der Waals surface area (Å²) in [7, 11) is 1.65. The molecule has 9 heteroatoms. The molecule has 8 nitrogen and oxygen atoms in total. The second-order valence-electron chi connectivity index (χ2n) is 9.19. The third-order valence-electron chi connectivity index (χ3n) is 6.34. The van der Waals surface area contributed by atoms with Crippen LogP contribution in [0.5, 0.6) is 5.75 Å². The summed E-state index contributed by atoms with van der Waals surface area (Å²) in [5.41, 5.74) is 2.13. The molecule has 0 bridgehead atoms. The Morgan fingerprint density at radius 3 is 2.83 bits per heavy atom. The Balaban J connectivity index is 1.42. The van der Waals surface area contributed by atoms with Crippen LogP contribution in [-0.2, 0) is 11.2 Å². The number of halogens is 1. The van der Waals surface area contributed by atoms with Crippen molar-refractivity contribution in [1.29, 1.82) is 0 Å². The van der Waals surface area contributed by atoms with Crippen LogP contribution in [-0.4, -0.2) is 51.7 Å². The zero-order valence-electron chi connectivity index (χ0n) is 20.6. The summed E-state index contributed by atoms with van der Waals surface area (Å²) in [6.45, 7) is 5.74. The van der Waals surface area contributed by atoms with Crippen LogP contribution in [0.2, 0.25) is 0 Å². The number of imidazole rings is 1. The molecule has 1 aromatic carbocycles. The molecular weight excluding hydrogens is 508 g/mol. The highest BCUT2D eigenvalue weighted by Gasteiger charge is 2.27. The number of carbonyl (C=O) groups is 1. The van der Waals surface area contributed by atoms with E-state index in [-0.39, 0.29) is 17.9 Å². The maximum atomic E-state index is 12.9. The van der Waals surface area contributed by atoms with Crippen LogP contribution in [0.4, 0.5) is 5.82 Å². The van der Waals surface area contributed by atoms with Gasteiger partial charge in [-0.25, -0.2) is 9.97 Å². The van der Waals surface area contributed by atoms with Crippen LogP contribution in [0.25, 0.3) is 5.95 Å². The lowest BCUT2D eigenvalue weighted by Crippen LogP contribution is -2.43. The molecule has 0 saturated carbocycles. The largest absolute Gasteiger partial charge is 0.496 e. The second-order valence-corrected chi connectivity index (χ2v) is 10.0. The van der Waals surface area contributed by atoms with E-state index < -0.39 is 0 Å². The van der Waals surface area contributed by atoms with Crippen LogP contribution in [0.3, 0.4) is 0 Å². The van der Waals surface area contributed by atoms with E-state index in [0.29, 0.717) is 18.9 Å². The lowest BCUT2D eigenvalue weighted by molar-refractivity contribution is -0.121. The summed E-state index contributed by atoms with van der Waals surface area (Å²) in [4.78, 5) is 28.9. The number of hydrogen-bond donors (Lipinski definition) is 1. The number of ether oxygens (including phenoxy) is 1. The zero-order chi connectivity index (χ0) is 24.8. The van der Waals surface area contributed by atoms with Gasteiger partial charge in [-0.05, 0) is 65.2 Å². The number of aromatic nitrogens is 4. The van der Waals surface area contributed by atoms with Crippen molar-refractivity contribution in [2.45, 2.75) is 57.9 Å². The number of nitrogens with zero attached hydrogens (tertiary/aromatic N) is 5. The molecule has 3 heterocycles. The van der Waals surface area contributed by atoms with Gasteiger partial charge in [0.05, 0.1) is 17.3 Å². The molecule has 1 N–H and O–H groups in total. The average Bonchev–Trinajstić information content (AvgIpc) is 3.39. The van der Waals surface area contributed by atoms with E-state index in [1.807, 2.05) is 29.0 Å². The zero-order valence-corrected chi connectivity index (χ0v) is 22.2. The number of amides is 1. The van der Waals surface area contributed by atoms with E-state index in [1.54, 1.807) is 19.6 Å². The number of hydrogen-bond acceptors (Lipinski definition) is 6. The molecule has 3 aromatic rings. The summed E-state index contributed by atoms with van der Waals surface area (Å²) in [5, 5.41) is 3.10. The van der Waals surface area contributed by atoms with Gasteiger partial charge in [0.25, 0.3) is 0 Å². The van der Waals surface area contributed by atoms with Crippen molar-refractivity contribution in [3.8, 4) is 11.7 Å². The molecule has 1 aliphatic heterocycles. The van der Waals surface area contributed by atoms with E-state index >= 15 is 0 Å². The molecule has 1 aliphatic rings. The van der Waals surface area contributed by atoms with Crippen molar-refractivity contribution in [1.82, 2.24) is 24.8 Å². The number of piperidine rings is 1. The van der Waals surface area contributed by atoms with Crippen LogP contribution >= 0.6 is 15.9 Å². The molecule has 35 heavy (non-hydrogen) atoms. The lowest BCUT2D eigenvalue weighted by Gasteiger charge is -2.36. The number of nitrogens with one attached hydrogen (secondary N) is 1. The van der Waals surface area contributed by atoms with E-state index in [1.165, 1.54) is 0 Å². The Kier molecular flexibility index (Phi) is 8.38. The second kappa shape index (κ2) is 11.7. The molecule has 1 fully saturated rings. The van der Waals surface area contributed by atoms with E-state index in [2.05, 4.69) is 51.0 Å². The highest BCUT2D eigenvalue weighted by atomic mass is 79.9. The average molecular weight is 541 g/mol. The van der Waals surface area contributed by atoms with Gasteiger partial charge in [-0.15, -0.1) is 0 Å². The Hall–Kier alpha value is -2.94. The number of benzene rings is 1. The Morgan fingerprint density at radius 1 is 1.26 bits per heavy atom. The first-order chi connectivity index (χ1) is 16.9. The van der Waals surface area contributed by atoms with Crippen LogP contribution in [0.15, 0.2) is 47.5 Å². The highest BCUT2D eigenvalue weighted by Crippen LogP contribution is 2.28. The van der Waals surface area contributed by atoms with E-state index in [4.69, 9.17) is 14.7 Å². The van der Waals surface area contributed by atoms with Crippen LogP contribution < -0.4 is 15.0 Å². The topological polar surface area (TPSA) is 85.2 Å². The number of methoxy groups -OCH3 is 1. The normalized spacial score (nSPS) is 15.9.